The minimum atomic E-state index is -0.399. The van der Waals surface area contributed by atoms with Crippen molar-refractivity contribution in [2.45, 2.75) is 58.5 Å². The van der Waals surface area contributed by atoms with Crippen molar-refractivity contribution in [1.82, 2.24) is 9.80 Å². The normalized spacial score (nSPS) is 15.8. The van der Waals surface area contributed by atoms with E-state index in [0.29, 0.717) is 31.1 Å². The van der Waals surface area contributed by atoms with Crippen molar-refractivity contribution in [3.63, 3.8) is 0 Å². The van der Waals surface area contributed by atoms with Gasteiger partial charge in [-0.15, -0.1) is 11.3 Å². The second kappa shape index (κ2) is 11.9. The van der Waals surface area contributed by atoms with Gasteiger partial charge in [-0.3, -0.25) is 9.59 Å². The molecule has 1 aliphatic rings. The number of amides is 2. The molecular formula is C30H35FN2O3S. The lowest BCUT2D eigenvalue weighted by atomic mass is 10.00. The number of rotatable bonds is 9. The monoisotopic (exact) mass is 522 g/mol. The van der Waals surface area contributed by atoms with Crippen molar-refractivity contribution in [2.75, 3.05) is 19.7 Å². The fourth-order valence-electron chi connectivity index (χ4n) is 4.64. The Bertz CT molecular complexity index is 1210. The van der Waals surface area contributed by atoms with E-state index < -0.39 is 5.82 Å². The van der Waals surface area contributed by atoms with Crippen LogP contribution in [0.4, 0.5) is 4.39 Å². The molecular weight excluding hydrogens is 487 g/mol. The van der Waals surface area contributed by atoms with Gasteiger partial charge in [-0.2, -0.15) is 0 Å². The Labute approximate surface area is 222 Å². The first-order valence-electron chi connectivity index (χ1n) is 12.9. The van der Waals surface area contributed by atoms with Crippen LogP contribution in [0.5, 0.6) is 5.75 Å². The van der Waals surface area contributed by atoms with Crippen LogP contribution in [-0.2, 0) is 11.2 Å². The summed E-state index contributed by atoms with van der Waals surface area (Å²) in [6, 6.07) is 15.3. The number of ether oxygens (including phenoxy) is 1. The first-order valence-corrected chi connectivity index (χ1v) is 13.8. The number of hydrogen-bond acceptors (Lipinski definition) is 4. The average Bonchev–Trinajstić information content (AvgIpc) is 3.39. The van der Waals surface area contributed by atoms with E-state index in [9.17, 15) is 14.0 Å². The molecule has 1 aromatic heterocycles. The highest BCUT2D eigenvalue weighted by atomic mass is 32.1. The number of carbonyl (C=O) groups excluding carboxylic acids is 2. The van der Waals surface area contributed by atoms with Gasteiger partial charge in [0.05, 0.1) is 6.04 Å². The van der Waals surface area contributed by atoms with E-state index in [1.807, 2.05) is 30.9 Å². The maximum absolute atomic E-state index is 13.7. The first kappa shape index (κ1) is 26.9. The minimum absolute atomic E-state index is 0.0374. The van der Waals surface area contributed by atoms with Gasteiger partial charge < -0.3 is 14.5 Å². The van der Waals surface area contributed by atoms with Gasteiger partial charge in [-0.1, -0.05) is 32.9 Å². The molecule has 2 heterocycles. The molecule has 7 heteroatoms. The van der Waals surface area contributed by atoms with Crippen LogP contribution in [-0.4, -0.2) is 47.4 Å². The molecule has 0 aliphatic carbocycles. The van der Waals surface area contributed by atoms with Crippen LogP contribution < -0.4 is 4.74 Å². The summed E-state index contributed by atoms with van der Waals surface area (Å²) in [5, 5.41) is 2.06. The molecule has 0 bridgehead atoms. The summed E-state index contributed by atoms with van der Waals surface area (Å²) >= 11 is 1.71. The zero-order valence-electron chi connectivity index (χ0n) is 21.9. The van der Waals surface area contributed by atoms with Gasteiger partial charge in [0.2, 0.25) is 5.91 Å². The van der Waals surface area contributed by atoms with E-state index in [2.05, 4.69) is 37.4 Å². The van der Waals surface area contributed by atoms with E-state index in [1.165, 1.54) is 34.7 Å². The topological polar surface area (TPSA) is 49.9 Å². The molecule has 0 saturated heterocycles. The van der Waals surface area contributed by atoms with E-state index in [4.69, 9.17) is 4.74 Å². The number of carbonyl (C=O) groups is 2. The Hall–Kier alpha value is -3.19. The van der Waals surface area contributed by atoms with Gasteiger partial charge in [0.1, 0.15) is 24.7 Å². The largest absolute Gasteiger partial charge is 0.491 e. The first-order chi connectivity index (χ1) is 17.8. The Balaban J connectivity index is 1.52. The van der Waals surface area contributed by atoms with Crippen molar-refractivity contribution in [3.05, 3.63) is 87.4 Å². The molecule has 1 aliphatic heterocycles. The van der Waals surface area contributed by atoms with E-state index >= 15 is 0 Å². The van der Waals surface area contributed by atoms with Crippen molar-refractivity contribution >= 4 is 23.2 Å². The molecule has 37 heavy (non-hydrogen) atoms. The molecule has 0 N–H and O–H groups in total. The lowest BCUT2D eigenvalue weighted by Gasteiger charge is -2.38. The zero-order valence-corrected chi connectivity index (χ0v) is 22.8. The highest BCUT2D eigenvalue weighted by Crippen LogP contribution is 2.34. The van der Waals surface area contributed by atoms with Crippen molar-refractivity contribution in [3.8, 4) is 5.75 Å². The summed E-state index contributed by atoms with van der Waals surface area (Å²) in [7, 11) is 0. The third-order valence-electron chi connectivity index (χ3n) is 7.15. The van der Waals surface area contributed by atoms with E-state index in [-0.39, 0.29) is 30.4 Å². The van der Waals surface area contributed by atoms with Crippen LogP contribution in [0.15, 0.2) is 60.0 Å². The lowest BCUT2D eigenvalue weighted by molar-refractivity contribution is -0.136. The van der Waals surface area contributed by atoms with Gasteiger partial charge in [0.25, 0.3) is 5.91 Å². The van der Waals surface area contributed by atoms with Crippen LogP contribution in [0.1, 0.15) is 72.4 Å². The summed E-state index contributed by atoms with van der Waals surface area (Å²) in [6.07, 6.45) is 1.49. The fourth-order valence-corrected chi connectivity index (χ4v) is 5.57. The van der Waals surface area contributed by atoms with Gasteiger partial charge in [-0.05, 0) is 84.7 Å². The number of nitrogens with zero attached hydrogens (tertiary/aromatic N) is 2. The predicted molar refractivity (Wildman–Crippen MR) is 146 cm³/mol. The van der Waals surface area contributed by atoms with Crippen LogP contribution in [0.25, 0.3) is 0 Å². The second-order valence-electron chi connectivity index (χ2n) is 9.88. The average molecular weight is 523 g/mol. The summed E-state index contributed by atoms with van der Waals surface area (Å²) in [5.74, 6) is 0.432. The van der Waals surface area contributed by atoms with Crippen LogP contribution in [0, 0.1) is 5.82 Å². The quantitative estimate of drug-likeness (QED) is 0.324. The number of thiophene rings is 1. The minimum Gasteiger partial charge on any atom is -0.491 e. The molecule has 0 fully saturated rings. The number of fused-ring (bicyclic) bond motifs is 1. The Morgan fingerprint density at radius 1 is 1.08 bits per heavy atom. The van der Waals surface area contributed by atoms with Gasteiger partial charge in [-0.25, -0.2) is 4.39 Å². The molecule has 0 spiro atoms. The van der Waals surface area contributed by atoms with E-state index in [0.717, 1.165) is 17.7 Å². The summed E-state index contributed by atoms with van der Waals surface area (Å²) in [4.78, 5) is 31.7. The smallest absolute Gasteiger partial charge is 0.254 e. The zero-order chi connectivity index (χ0) is 26.5. The number of hydrogen-bond donors (Lipinski definition) is 0. The molecule has 4 rings (SSSR count). The second-order valence-corrected chi connectivity index (χ2v) is 10.9. The van der Waals surface area contributed by atoms with E-state index in [1.54, 1.807) is 16.2 Å². The van der Waals surface area contributed by atoms with Gasteiger partial charge >= 0.3 is 0 Å². The van der Waals surface area contributed by atoms with Gasteiger partial charge in [0, 0.05) is 23.0 Å². The predicted octanol–water partition coefficient (Wildman–Crippen LogP) is 6.46. The Kier molecular flexibility index (Phi) is 8.64. The summed E-state index contributed by atoms with van der Waals surface area (Å²) in [6.45, 7) is 9.11. The molecule has 5 nitrogen and oxygen atoms in total. The number of halogens is 1. The van der Waals surface area contributed by atoms with Crippen molar-refractivity contribution in [1.29, 1.82) is 0 Å². The lowest BCUT2D eigenvalue weighted by Crippen LogP contribution is -2.49. The van der Waals surface area contributed by atoms with Gasteiger partial charge in [0.15, 0.2) is 0 Å². The van der Waals surface area contributed by atoms with Crippen molar-refractivity contribution < 1.29 is 18.7 Å². The van der Waals surface area contributed by atoms with Crippen LogP contribution >= 0.6 is 11.3 Å². The number of benzene rings is 2. The third-order valence-corrected chi connectivity index (χ3v) is 8.15. The van der Waals surface area contributed by atoms with Crippen molar-refractivity contribution in [2.24, 2.45) is 0 Å². The molecule has 2 aromatic carbocycles. The maximum atomic E-state index is 13.7. The maximum Gasteiger partial charge on any atom is 0.254 e. The van der Waals surface area contributed by atoms with Crippen LogP contribution in [0.3, 0.4) is 0 Å². The third kappa shape index (κ3) is 6.21. The fraction of sp³-hybridized carbons (Fsp3) is 0.400. The molecule has 196 valence electrons. The highest BCUT2D eigenvalue weighted by Gasteiger charge is 2.34. The summed E-state index contributed by atoms with van der Waals surface area (Å²) < 4.78 is 19.6. The standard InChI is InChI=1S/C30H35FN2O3S/c1-5-21(4)33(30(35)23-6-10-24(31)11-7-23)18-29(34)32-16-14-28-26(15-17-37-28)27(32)19-36-25-12-8-22(9-13-25)20(2)3/h6-13,15,17,20-21,27H,5,14,16,18-19H2,1-4H3/t21-,27+/m1/s1. The molecule has 2 amide bonds. The Morgan fingerprint density at radius 2 is 1.78 bits per heavy atom. The highest BCUT2D eigenvalue weighted by molar-refractivity contribution is 7.10. The molecule has 0 unspecified atom stereocenters. The molecule has 2 atom stereocenters. The molecule has 0 radical (unpaired) electrons. The molecule has 3 aromatic rings. The SMILES string of the molecule is CC[C@@H](C)N(CC(=O)N1CCc2sccc2[C@@H]1COc1ccc(C(C)C)cc1)C(=O)c1ccc(F)cc1. The van der Waals surface area contributed by atoms with Crippen LogP contribution in [0.2, 0.25) is 0 Å². The Morgan fingerprint density at radius 3 is 2.43 bits per heavy atom. The summed E-state index contributed by atoms with van der Waals surface area (Å²) in [5.41, 5.74) is 2.74. The molecule has 0 saturated carbocycles.